The molecule has 0 bridgehead atoms. The molecule has 3 rings (SSSR count). The number of carbonyl (C=O) groups excluding carboxylic acids is 1. The SMILES string of the molecule is Cc1cnc([C@H](C)NC(=O)c2nnc3n2CCCCC3)[nH]1. The lowest BCUT2D eigenvalue weighted by atomic mass is 10.2. The van der Waals surface area contributed by atoms with Crippen molar-refractivity contribution >= 4 is 5.91 Å². The van der Waals surface area contributed by atoms with Crippen molar-refractivity contribution < 1.29 is 4.79 Å². The molecule has 1 atom stereocenters. The van der Waals surface area contributed by atoms with Gasteiger partial charge in [-0.15, -0.1) is 10.2 Å². The van der Waals surface area contributed by atoms with Gasteiger partial charge in [0, 0.05) is 24.9 Å². The molecule has 2 N–H and O–H groups in total. The first-order chi connectivity index (χ1) is 10.1. The van der Waals surface area contributed by atoms with Gasteiger partial charge in [0.05, 0.1) is 6.04 Å². The third-order valence-electron chi connectivity index (χ3n) is 3.79. The monoisotopic (exact) mass is 288 g/mol. The van der Waals surface area contributed by atoms with E-state index in [-0.39, 0.29) is 11.9 Å². The number of aryl methyl sites for hydroxylation is 2. The molecule has 1 aliphatic rings. The Labute approximate surface area is 123 Å². The number of rotatable bonds is 3. The molecule has 0 spiro atoms. The van der Waals surface area contributed by atoms with E-state index in [1.807, 2.05) is 18.4 Å². The molecule has 0 unspecified atom stereocenters. The van der Waals surface area contributed by atoms with Crippen LogP contribution < -0.4 is 5.32 Å². The Morgan fingerprint density at radius 3 is 3.00 bits per heavy atom. The summed E-state index contributed by atoms with van der Waals surface area (Å²) >= 11 is 0. The first-order valence-electron chi connectivity index (χ1n) is 7.39. The van der Waals surface area contributed by atoms with Gasteiger partial charge in [0.1, 0.15) is 11.6 Å². The molecule has 112 valence electrons. The van der Waals surface area contributed by atoms with Crippen molar-refractivity contribution in [2.75, 3.05) is 0 Å². The number of nitrogens with one attached hydrogen (secondary N) is 2. The van der Waals surface area contributed by atoms with E-state index < -0.39 is 0 Å². The van der Waals surface area contributed by atoms with Crippen LogP contribution in [0.3, 0.4) is 0 Å². The summed E-state index contributed by atoms with van der Waals surface area (Å²) in [6, 6.07) is -0.190. The number of hydrogen-bond donors (Lipinski definition) is 2. The van der Waals surface area contributed by atoms with Crippen molar-refractivity contribution in [2.45, 2.75) is 52.1 Å². The maximum Gasteiger partial charge on any atom is 0.289 e. The summed E-state index contributed by atoms with van der Waals surface area (Å²) in [7, 11) is 0. The summed E-state index contributed by atoms with van der Waals surface area (Å²) in [6.45, 7) is 4.65. The highest BCUT2D eigenvalue weighted by atomic mass is 16.2. The maximum absolute atomic E-state index is 12.4. The van der Waals surface area contributed by atoms with Crippen LogP contribution in [-0.4, -0.2) is 30.6 Å². The van der Waals surface area contributed by atoms with E-state index in [1.165, 1.54) is 6.42 Å². The number of fused-ring (bicyclic) bond motifs is 1. The third-order valence-corrected chi connectivity index (χ3v) is 3.79. The topological polar surface area (TPSA) is 88.5 Å². The molecule has 1 aliphatic heterocycles. The van der Waals surface area contributed by atoms with Gasteiger partial charge in [0.25, 0.3) is 5.91 Å². The van der Waals surface area contributed by atoms with Gasteiger partial charge >= 0.3 is 0 Å². The molecular weight excluding hydrogens is 268 g/mol. The Morgan fingerprint density at radius 1 is 1.38 bits per heavy atom. The minimum Gasteiger partial charge on any atom is -0.344 e. The average Bonchev–Trinajstić information content (AvgIpc) is 2.99. The van der Waals surface area contributed by atoms with E-state index in [0.29, 0.717) is 5.82 Å². The lowest BCUT2D eigenvalue weighted by molar-refractivity contribution is 0.0922. The summed E-state index contributed by atoms with van der Waals surface area (Å²) in [5, 5.41) is 11.1. The van der Waals surface area contributed by atoms with Gasteiger partial charge in [0.15, 0.2) is 0 Å². The van der Waals surface area contributed by atoms with Crippen molar-refractivity contribution in [3.8, 4) is 0 Å². The highest BCUT2D eigenvalue weighted by Gasteiger charge is 2.22. The van der Waals surface area contributed by atoms with Gasteiger partial charge in [0.2, 0.25) is 5.82 Å². The number of aromatic amines is 1. The van der Waals surface area contributed by atoms with Crippen LogP contribution in [0.4, 0.5) is 0 Å². The third kappa shape index (κ3) is 2.81. The van der Waals surface area contributed by atoms with Crippen molar-refractivity contribution in [3.05, 3.63) is 29.4 Å². The van der Waals surface area contributed by atoms with Crippen LogP contribution in [0.2, 0.25) is 0 Å². The van der Waals surface area contributed by atoms with Gasteiger partial charge in [-0.2, -0.15) is 0 Å². The first kappa shape index (κ1) is 13.8. The molecule has 3 heterocycles. The van der Waals surface area contributed by atoms with Crippen molar-refractivity contribution in [1.82, 2.24) is 30.0 Å². The number of imidazole rings is 1. The molecule has 7 heteroatoms. The summed E-state index contributed by atoms with van der Waals surface area (Å²) in [4.78, 5) is 19.8. The second kappa shape index (κ2) is 5.67. The Morgan fingerprint density at radius 2 is 2.24 bits per heavy atom. The van der Waals surface area contributed by atoms with Crippen LogP contribution in [0, 0.1) is 6.92 Å². The number of hydrogen-bond acceptors (Lipinski definition) is 4. The van der Waals surface area contributed by atoms with E-state index >= 15 is 0 Å². The fourth-order valence-electron chi connectivity index (χ4n) is 2.64. The molecule has 0 saturated carbocycles. The van der Waals surface area contributed by atoms with Gasteiger partial charge in [-0.1, -0.05) is 6.42 Å². The van der Waals surface area contributed by atoms with Crippen LogP contribution >= 0.6 is 0 Å². The summed E-state index contributed by atoms with van der Waals surface area (Å²) in [6.07, 6.45) is 6.00. The number of amides is 1. The summed E-state index contributed by atoms with van der Waals surface area (Å²) in [5.41, 5.74) is 0.974. The van der Waals surface area contributed by atoms with Crippen LogP contribution in [0.15, 0.2) is 6.20 Å². The molecule has 7 nitrogen and oxygen atoms in total. The molecule has 1 amide bonds. The largest absolute Gasteiger partial charge is 0.344 e. The van der Waals surface area contributed by atoms with Crippen molar-refractivity contribution in [2.24, 2.45) is 0 Å². The average molecular weight is 288 g/mol. The zero-order valence-electron chi connectivity index (χ0n) is 12.4. The second-order valence-electron chi connectivity index (χ2n) is 5.55. The standard InChI is InChI=1S/C14H20N6O/c1-9-8-15-12(16-9)10(2)17-14(21)13-19-18-11-6-4-3-5-7-20(11)13/h8,10H,3-7H2,1-2H3,(H,15,16)(H,17,21)/t10-/m0/s1. The highest BCUT2D eigenvalue weighted by Crippen LogP contribution is 2.15. The zero-order valence-corrected chi connectivity index (χ0v) is 12.4. The normalized spacial score (nSPS) is 16.1. The molecule has 2 aromatic heterocycles. The lowest BCUT2D eigenvalue weighted by Gasteiger charge is -2.12. The van der Waals surface area contributed by atoms with Crippen molar-refractivity contribution in [3.63, 3.8) is 0 Å². The zero-order chi connectivity index (χ0) is 14.8. The fourth-order valence-corrected chi connectivity index (χ4v) is 2.64. The van der Waals surface area contributed by atoms with Crippen LogP contribution in [0.25, 0.3) is 0 Å². The number of nitrogens with zero attached hydrogens (tertiary/aromatic N) is 4. The maximum atomic E-state index is 12.4. The summed E-state index contributed by atoms with van der Waals surface area (Å²) in [5.74, 6) is 1.87. The van der Waals surface area contributed by atoms with Crippen LogP contribution in [0.1, 0.15) is 60.2 Å². The highest BCUT2D eigenvalue weighted by molar-refractivity contribution is 5.90. The van der Waals surface area contributed by atoms with E-state index in [0.717, 1.165) is 43.1 Å². The molecule has 0 saturated heterocycles. The minimum atomic E-state index is -0.197. The molecule has 0 fully saturated rings. The van der Waals surface area contributed by atoms with Crippen LogP contribution in [-0.2, 0) is 13.0 Å². The van der Waals surface area contributed by atoms with Gasteiger partial charge in [-0.05, 0) is 26.7 Å². The van der Waals surface area contributed by atoms with E-state index in [2.05, 4.69) is 25.5 Å². The minimum absolute atomic E-state index is 0.190. The van der Waals surface area contributed by atoms with Crippen molar-refractivity contribution in [1.29, 1.82) is 0 Å². The lowest BCUT2D eigenvalue weighted by Crippen LogP contribution is -2.30. The quantitative estimate of drug-likeness (QED) is 0.896. The molecule has 0 aliphatic carbocycles. The Balaban J connectivity index is 1.75. The van der Waals surface area contributed by atoms with Gasteiger partial charge in [-0.3, -0.25) is 4.79 Å². The molecule has 2 aromatic rings. The van der Waals surface area contributed by atoms with Gasteiger partial charge < -0.3 is 14.9 Å². The smallest absolute Gasteiger partial charge is 0.289 e. The van der Waals surface area contributed by atoms with Crippen LogP contribution in [0.5, 0.6) is 0 Å². The number of H-pyrrole nitrogens is 1. The molecule has 21 heavy (non-hydrogen) atoms. The van der Waals surface area contributed by atoms with E-state index in [9.17, 15) is 4.79 Å². The fraction of sp³-hybridized carbons (Fsp3) is 0.571. The Kier molecular flexibility index (Phi) is 3.72. The predicted octanol–water partition coefficient (Wildman–Crippen LogP) is 1.53. The number of carbonyl (C=O) groups is 1. The van der Waals surface area contributed by atoms with Gasteiger partial charge in [-0.25, -0.2) is 4.98 Å². The first-order valence-corrected chi connectivity index (χ1v) is 7.39. The van der Waals surface area contributed by atoms with E-state index in [1.54, 1.807) is 6.20 Å². The molecule has 0 aromatic carbocycles. The summed E-state index contributed by atoms with van der Waals surface area (Å²) < 4.78 is 1.95. The Bertz CT molecular complexity index is 644. The van der Waals surface area contributed by atoms with E-state index in [4.69, 9.17) is 0 Å². The Hall–Kier alpha value is -2.18. The molecular formula is C14H20N6O. The second-order valence-corrected chi connectivity index (χ2v) is 5.55. The molecule has 0 radical (unpaired) electrons. The number of aromatic nitrogens is 5. The predicted molar refractivity (Wildman–Crippen MR) is 76.8 cm³/mol.